The first kappa shape index (κ1) is 21.2. The number of rotatable bonds is 7. The summed E-state index contributed by atoms with van der Waals surface area (Å²) in [6.07, 6.45) is 4.65. The molecule has 0 radical (unpaired) electrons. The fraction of sp³-hybridized carbons (Fsp3) is 0.632. The largest absolute Gasteiger partial charge is 0.350 e. The van der Waals surface area contributed by atoms with Crippen LogP contribution in [0.2, 0.25) is 5.02 Å². The highest BCUT2D eigenvalue weighted by molar-refractivity contribution is 7.89. The Morgan fingerprint density at radius 3 is 2.42 bits per heavy atom. The second-order valence-electron chi connectivity index (χ2n) is 7.46. The van der Waals surface area contributed by atoms with Gasteiger partial charge in [-0.3, -0.25) is 4.79 Å². The molecule has 1 saturated heterocycles. The van der Waals surface area contributed by atoms with E-state index in [1.807, 2.05) is 6.92 Å². The molecule has 2 rings (SSSR count). The molecular formula is C19H29ClN2O3S. The standard InChI is InChI=1S/C19H29ClN2O3S/c1-14(2)7-8-15(3)21-19(23)16-9-10-17(20)18(13-16)26(24,25)22-11-5-4-6-12-22/h9-10,13-15H,4-8,11-12H2,1-3H3,(H,21,23). The number of sulfonamides is 1. The zero-order valence-electron chi connectivity index (χ0n) is 15.8. The van der Waals surface area contributed by atoms with Crippen molar-refractivity contribution in [2.45, 2.75) is 63.8 Å². The van der Waals surface area contributed by atoms with Crippen LogP contribution in [0.25, 0.3) is 0 Å². The number of nitrogens with zero attached hydrogens (tertiary/aromatic N) is 1. The number of halogens is 1. The van der Waals surface area contributed by atoms with E-state index in [1.54, 1.807) is 6.07 Å². The predicted molar refractivity (Wildman–Crippen MR) is 105 cm³/mol. The molecule has 1 atom stereocenters. The third-order valence-electron chi connectivity index (χ3n) is 4.68. The van der Waals surface area contributed by atoms with E-state index in [-0.39, 0.29) is 21.9 Å². The van der Waals surface area contributed by atoms with Gasteiger partial charge in [-0.25, -0.2) is 8.42 Å². The molecule has 146 valence electrons. The van der Waals surface area contributed by atoms with Gasteiger partial charge >= 0.3 is 0 Å². The maximum absolute atomic E-state index is 12.9. The Hall–Kier alpha value is -1.11. The number of hydrogen-bond donors (Lipinski definition) is 1. The number of hydrogen-bond acceptors (Lipinski definition) is 3. The average Bonchev–Trinajstić information content (AvgIpc) is 2.60. The van der Waals surface area contributed by atoms with Crippen LogP contribution < -0.4 is 5.32 Å². The second kappa shape index (κ2) is 9.20. The van der Waals surface area contributed by atoms with Crippen molar-refractivity contribution >= 4 is 27.5 Å². The van der Waals surface area contributed by atoms with Crippen molar-refractivity contribution in [2.24, 2.45) is 5.92 Å². The highest BCUT2D eigenvalue weighted by atomic mass is 35.5. The van der Waals surface area contributed by atoms with Crippen molar-refractivity contribution in [1.82, 2.24) is 9.62 Å². The van der Waals surface area contributed by atoms with Crippen molar-refractivity contribution in [3.05, 3.63) is 28.8 Å². The van der Waals surface area contributed by atoms with Crippen LogP contribution in [0.5, 0.6) is 0 Å². The lowest BCUT2D eigenvalue weighted by molar-refractivity contribution is 0.0937. The molecule has 0 aromatic heterocycles. The van der Waals surface area contributed by atoms with Gasteiger partial charge in [0.25, 0.3) is 5.91 Å². The van der Waals surface area contributed by atoms with Gasteiger partial charge in [0.1, 0.15) is 4.90 Å². The van der Waals surface area contributed by atoms with Gasteiger partial charge in [-0.2, -0.15) is 4.31 Å². The molecule has 0 saturated carbocycles. The van der Waals surface area contributed by atoms with Gasteiger partial charge in [0.15, 0.2) is 0 Å². The van der Waals surface area contributed by atoms with Crippen molar-refractivity contribution in [2.75, 3.05) is 13.1 Å². The van der Waals surface area contributed by atoms with Crippen LogP contribution in [0.3, 0.4) is 0 Å². The van der Waals surface area contributed by atoms with Crippen LogP contribution in [0, 0.1) is 5.92 Å². The lowest BCUT2D eigenvalue weighted by Crippen LogP contribution is -2.36. The van der Waals surface area contributed by atoms with E-state index in [4.69, 9.17) is 11.6 Å². The Balaban J connectivity index is 2.17. The highest BCUT2D eigenvalue weighted by Crippen LogP contribution is 2.28. The van der Waals surface area contributed by atoms with E-state index in [0.29, 0.717) is 24.6 Å². The summed E-state index contributed by atoms with van der Waals surface area (Å²) in [5, 5.41) is 3.09. The minimum absolute atomic E-state index is 0.0172. The quantitative estimate of drug-likeness (QED) is 0.750. The molecule has 1 N–H and O–H groups in total. The molecule has 1 unspecified atom stereocenters. The highest BCUT2D eigenvalue weighted by Gasteiger charge is 2.28. The van der Waals surface area contributed by atoms with Crippen molar-refractivity contribution < 1.29 is 13.2 Å². The summed E-state index contributed by atoms with van der Waals surface area (Å²) in [6.45, 7) is 7.25. The molecule has 1 heterocycles. The maximum Gasteiger partial charge on any atom is 0.251 e. The number of carbonyl (C=O) groups is 1. The smallest absolute Gasteiger partial charge is 0.251 e. The normalized spacial score (nSPS) is 17.3. The van der Waals surface area contributed by atoms with E-state index >= 15 is 0 Å². The number of nitrogens with one attached hydrogen (secondary N) is 1. The Labute approximate surface area is 162 Å². The topological polar surface area (TPSA) is 66.5 Å². The molecule has 0 aliphatic carbocycles. The first-order valence-electron chi connectivity index (χ1n) is 9.32. The van der Waals surface area contributed by atoms with Gasteiger partial charge in [0.2, 0.25) is 10.0 Å². The van der Waals surface area contributed by atoms with Crippen LogP contribution in [-0.2, 0) is 10.0 Å². The van der Waals surface area contributed by atoms with E-state index in [1.165, 1.54) is 16.4 Å². The third-order valence-corrected chi connectivity index (χ3v) is 7.06. The number of benzene rings is 1. The number of amides is 1. The zero-order chi connectivity index (χ0) is 19.3. The van der Waals surface area contributed by atoms with Gasteiger partial charge in [-0.1, -0.05) is 31.9 Å². The Morgan fingerprint density at radius 1 is 1.15 bits per heavy atom. The summed E-state index contributed by atoms with van der Waals surface area (Å²) >= 11 is 6.16. The van der Waals surface area contributed by atoms with E-state index in [0.717, 1.165) is 32.1 Å². The lowest BCUT2D eigenvalue weighted by Gasteiger charge is -2.26. The summed E-state index contributed by atoms with van der Waals surface area (Å²) in [7, 11) is -3.68. The second-order valence-corrected chi connectivity index (χ2v) is 9.77. The molecular weight excluding hydrogens is 372 g/mol. The molecule has 0 bridgehead atoms. The maximum atomic E-state index is 12.9. The van der Waals surface area contributed by atoms with Crippen molar-refractivity contribution in [3.63, 3.8) is 0 Å². The molecule has 1 aromatic rings. The first-order chi connectivity index (χ1) is 12.2. The van der Waals surface area contributed by atoms with Crippen LogP contribution in [0.15, 0.2) is 23.1 Å². The Morgan fingerprint density at radius 2 is 1.81 bits per heavy atom. The van der Waals surface area contributed by atoms with E-state index in [2.05, 4.69) is 19.2 Å². The molecule has 0 spiro atoms. The van der Waals surface area contributed by atoms with E-state index < -0.39 is 10.0 Å². The summed E-state index contributed by atoms with van der Waals surface area (Å²) in [6, 6.07) is 4.49. The summed E-state index contributed by atoms with van der Waals surface area (Å²) in [5.41, 5.74) is 0.321. The van der Waals surface area contributed by atoms with Crippen LogP contribution in [0.4, 0.5) is 0 Å². The summed E-state index contributed by atoms with van der Waals surface area (Å²) in [5.74, 6) is 0.305. The third kappa shape index (κ3) is 5.44. The monoisotopic (exact) mass is 400 g/mol. The molecule has 1 fully saturated rings. The van der Waals surface area contributed by atoms with Crippen LogP contribution >= 0.6 is 11.6 Å². The molecule has 1 amide bonds. The number of carbonyl (C=O) groups excluding carboxylic acids is 1. The summed E-state index contributed by atoms with van der Waals surface area (Å²) in [4.78, 5) is 12.5. The fourth-order valence-electron chi connectivity index (χ4n) is 3.05. The molecule has 7 heteroatoms. The van der Waals surface area contributed by atoms with Gasteiger partial charge < -0.3 is 5.32 Å². The first-order valence-corrected chi connectivity index (χ1v) is 11.1. The molecule has 1 aliphatic heterocycles. The summed E-state index contributed by atoms with van der Waals surface area (Å²) < 4.78 is 27.2. The SMILES string of the molecule is CC(C)CCC(C)NC(=O)c1ccc(Cl)c(S(=O)(=O)N2CCCCC2)c1. The van der Waals surface area contributed by atoms with Gasteiger partial charge in [-0.05, 0) is 56.7 Å². The van der Waals surface area contributed by atoms with Crippen LogP contribution in [0.1, 0.15) is 63.2 Å². The molecule has 26 heavy (non-hydrogen) atoms. The van der Waals surface area contributed by atoms with Crippen molar-refractivity contribution in [3.8, 4) is 0 Å². The number of piperidine rings is 1. The van der Waals surface area contributed by atoms with Crippen LogP contribution in [-0.4, -0.2) is 37.8 Å². The zero-order valence-corrected chi connectivity index (χ0v) is 17.4. The lowest BCUT2D eigenvalue weighted by atomic mass is 10.0. The minimum Gasteiger partial charge on any atom is -0.350 e. The van der Waals surface area contributed by atoms with Gasteiger partial charge in [0.05, 0.1) is 5.02 Å². The van der Waals surface area contributed by atoms with Gasteiger partial charge in [-0.15, -0.1) is 0 Å². The Kier molecular flexibility index (Phi) is 7.50. The van der Waals surface area contributed by atoms with Gasteiger partial charge in [0, 0.05) is 24.7 Å². The van der Waals surface area contributed by atoms with Crippen molar-refractivity contribution in [1.29, 1.82) is 0 Å². The van der Waals surface area contributed by atoms with E-state index in [9.17, 15) is 13.2 Å². The predicted octanol–water partition coefficient (Wildman–Crippen LogP) is 4.07. The molecule has 5 nitrogen and oxygen atoms in total. The minimum atomic E-state index is -3.68. The molecule has 1 aliphatic rings. The Bertz CT molecular complexity index is 728. The average molecular weight is 401 g/mol. The fourth-order valence-corrected chi connectivity index (χ4v) is 5.07. The molecule has 1 aromatic carbocycles.